The van der Waals surface area contributed by atoms with Crippen molar-refractivity contribution in [1.82, 2.24) is 0 Å². The number of aliphatic hydroxyl groups excluding tert-OH is 1. The van der Waals surface area contributed by atoms with E-state index < -0.39 is 5.97 Å². The van der Waals surface area contributed by atoms with Crippen molar-refractivity contribution >= 4 is 17.5 Å². The summed E-state index contributed by atoms with van der Waals surface area (Å²) in [6, 6.07) is 9.58. The molecule has 2 rings (SSSR count). The molecular weight excluding hydrogens is 342 g/mol. The molecule has 1 aromatic rings. The van der Waals surface area contributed by atoms with Gasteiger partial charge in [-0.2, -0.15) is 0 Å². The van der Waals surface area contributed by atoms with Gasteiger partial charge in [0.05, 0.1) is 5.57 Å². The first-order chi connectivity index (χ1) is 12.8. The van der Waals surface area contributed by atoms with Crippen LogP contribution in [-0.2, 0) is 16.0 Å². The fraction of sp³-hybridized carbons (Fsp3) is 0.500. The maximum atomic E-state index is 12.7. The number of ketones is 1. The number of carboxylic acid groups (broad SMARTS) is 1. The minimum atomic E-state index is -0.781. The standard InChI is InChI=1S/C22H29NO4/c1-22(2)14-17(23-12-8-4-7-11-20(26)27)21(19(25)15-22)18(24)13-16-9-5-3-6-10-16/h3,5-6,9-10,24H,4,7-8,11-15H2,1-2H3,(H,26,27)/b21-18+,23-17?. The van der Waals surface area contributed by atoms with Crippen LogP contribution >= 0.6 is 0 Å². The van der Waals surface area contributed by atoms with Crippen molar-refractivity contribution in [1.29, 1.82) is 0 Å². The summed E-state index contributed by atoms with van der Waals surface area (Å²) in [6.07, 6.45) is 3.74. The maximum absolute atomic E-state index is 12.7. The Morgan fingerprint density at radius 1 is 1.07 bits per heavy atom. The number of carbonyl (C=O) groups is 2. The van der Waals surface area contributed by atoms with Crippen LogP contribution in [0.4, 0.5) is 0 Å². The van der Waals surface area contributed by atoms with Gasteiger partial charge in [-0.15, -0.1) is 0 Å². The minimum Gasteiger partial charge on any atom is -0.511 e. The Bertz CT molecular complexity index is 732. The second-order valence-corrected chi connectivity index (χ2v) is 7.96. The molecular formula is C22H29NO4. The molecule has 0 aromatic heterocycles. The number of rotatable bonds is 8. The largest absolute Gasteiger partial charge is 0.511 e. The molecule has 0 atom stereocenters. The molecule has 1 aromatic carbocycles. The van der Waals surface area contributed by atoms with Gasteiger partial charge in [0, 0.05) is 31.5 Å². The molecule has 0 amide bonds. The van der Waals surface area contributed by atoms with Crippen molar-refractivity contribution in [3.63, 3.8) is 0 Å². The molecule has 1 saturated carbocycles. The summed E-state index contributed by atoms with van der Waals surface area (Å²) in [5.74, 6) is -0.743. The van der Waals surface area contributed by atoms with Crippen molar-refractivity contribution < 1.29 is 19.8 Å². The van der Waals surface area contributed by atoms with Gasteiger partial charge in [-0.25, -0.2) is 0 Å². The van der Waals surface area contributed by atoms with Gasteiger partial charge < -0.3 is 10.2 Å². The van der Waals surface area contributed by atoms with Crippen LogP contribution in [0.3, 0.4) is 0 Å². The van der Waals surface area contributed by atoms with Crippen molar-refractivity contribution in [3.05, 3.63) is 47.2 Å². The van der Waals surface area contributed by atoms with Gasteiger partial charge in [0.1, 0.15) is 5.76 Å². The van der Waals surface area contributed by atoms with Gasteiger partial charge in [0.2, 0.25) is 0 Å². The normalized spacial score (nSPS) is 19.9. The fourth-order valence-electron chi connectivity index (χ4n) is 3.41. The first-order valence-corrected chi connectivity index (χ1v) is 9.53. The Labute approximate surface area is 160 Å². The van der Waals surface area contributed by atoms with Crippen LogP contribution in [0.2, 0.25) is 0 Å². The van der Waals surface area contributed by atoms with E-state index in [-0.39, 0.29) is 23.4 Å². The van der Waals surface area contributed by atoms with E-state index in [2.05, 4.69) is 4.99 Å². The summed E-state index contributed by atoms with van der Waals surface area (Å²) in [4.78, 5) is 27.9. The second kappa shape index (κ2) is 9.49. The van der Waals surface area contributed by atoms with E-state index in [1.807, 2.05) is 44.2 Å². The third-order valence-electron chi connectivity index (χ3n) is 4.71. The predicted molar refractivity (Wildman–Crippen MR) is 106 cm³/mol. The van der Waals surface area contributed by atoms with E-state index in [0.29, 0.717) is 43.5 Å². The highest BCUT2D eigenvalue weighted by Gasteiger charge is 2.36. The molecule has 0 saturated heterocycles. The topological polar surface area (TPSA) is 87.0 Å². The van der Waals surface area contributed by atoms with Crippen LogP contribution in [-0.4, -0.2) is 34.2 Å². The van der Waals surface area contributed by atoms with Crippen molar-refractivity contribution in [2.75, 3.05) is 6.54 Å². The number of aliphatic imine (C=N–C) groups is 1. The Kier molecular flexibility index (Phi) is 7.34. The fourth-order valence-corrected chi connectivity index (χ4v) is 3.41. The van der Waals surface area contributed by atoms with Gasteiger partial charge in [-0.1, -0.05) is 50.6 Å². The number of benzene rings is 1. The molecule has 0 heterocycles. The molecule has 0 bridgehead atoms. The quantitative estimate of drug-likeness (QED) is 0.400. The van der Waals surface area contributed by atoms with Crippen LogP contribution in [0.5, 0.6) is 0 Å². The van der Waals surface area contributed by atoms with Crippen molar-refractivity contribution in [2.24, 2.45) is 10.4 Å². The third-order valence-corrected chi connectivity index (χ3v) is 4.71. The zero-order valence-electron chi connectivity index (χ0n) is 16.2. The summed E-state index contributed by atoms with van der Waals surface area (Å²) >= 11 is 0. The lowest BCUT2D eigenvalue weighted by molar-refractivity contribution is -0.137. The zero-order chi connectivity index (χ0) is 19.9. The Hall–Kier alpha value is -2.43. The average Bonchev–Trinajstić information content (AvgIpc) is 2.57. The molecule has 1 aliphatic carbocycles. The number of unbranched alkanes of at least 4 members (excludes halogenated alkanes) is 2. The van der Waals surface area contributed by atoms with Crippen LogP contribution in [0.25, 0.3) is 0 Å². The number of hydrogen-bond donors (Lipinski definition) is 2. The number of Topliss-reactive ketones (excluding diaryl/α,β-unsaturated/α-hetero) is 1. The van der Waals surface area contributed by atoms with Gasteiger partial charge in [-0.05, 0) is 30.2 Å². The summed E-state index contributed by atoms with van der Waals surface area (Å²) in [5, 5.41) is 19.3. The number of nitrogens with zero attached hydrogens (tertiary/aromatic N) is 1. The Balaban J connectivity index is 2.13. The molecule has 1 fully saturated rings. The van der Waals surface area contributed by atoms with E-state index in [1.165, 1.54) is 0 Å². The van der Waals surface area contributed by atoms with Crippen LogP contribution in [0.15, 0.2) is 46.7 Å². The summed E-state index contributed by atoms with van der Waals surface area (Å²) in [6.45, 7) is 4.62. The lowest BCUT2D eigenvalue weighted by Gasteiger charge is -2.31. The predicted octanol–water partition coefficient (Wildman–Crippen LogP) is 4.52. The average molecular weight is 371 g/mol. The molecule has 0 radical (unpaired) electrons. The molecule has 5 nitrogen and oxygen atoms in total. The van der Waals surface area contributed by atoms with Crippen LogP contribution < -0.4 is 0 Å². The number of hydrogen-bond acceptors (Lipinski definition) is 4. The van der Waals surface area contributed by atoms with E-state index in [9.17, 15) is 14.7 Å². The number of aliphatic carboxylic acids is 1. The van der Waals surface area contributed by atoms with Gasteiger partial charge in [-0.3, -0.25) is 14.6 Å². The lowest BCUT2D eigenvalue weighted by atomic mass is 9.73. The lowest BCUT2D eigenvalue weighted by Crippen LogP contribution is -2.33. The molecule has 5 heteroatoms. The van der Waals surface area contributed by atoms with Crippen molar-refractivity contribution in [3.8, 4) is 0 Å². The summed E-state index contributed by atoms with van der Waals surface area (Å²) in [7, 11) is 0. The maximum Gasteiger partial charge on any atom is 0.303 e. The van der Waals surface area contributed by atoms with E-state index in [0.717, 1.165) is 18.4 Å². The second-order valence-electron chi connectivity index (χ2n) is 7.96. The highest BCUT2D eigenvalue weighted by molar-refractivity contribution is 6.24. The minimum absolute atomic E-state index is 0.0516. The molecule has 0 spiro atoms. The monoisotopic (exact) mass is 371 g/mol. The number of carboxylic acids is 1. The van der Waals surface area contributed by atoms with E-state index >= 15 is 0 Å². The van der Waals surface area contributed by atoms with Crippen molar-refractivity contribution in [2.45, 2.75) is 58.8 Å². The Morgan fingerprint density at radius 2 is 1.78 bits per heavy atom. The molecule has 146 valence electrons. The van der Waals surface area contributed by atoms with Crippen LogP contribution in [0, 0.1) is 5.41 Å². The van der Waals surface area contributed by atoms with Gasteiger partial charge in [0.25, 0.3) is 0 Å². The zero-order valence-corrected chi connectivity index (χ0v) is 16.2. The molecule has 0 unspecified atom stereocenters. The molecule has 2 N–H and O–H groups in total. The number of aliphatic hydroxyl groups is 1. The summed E-state index contributed by atoms with van der Waals surface area (Å²) in [5.41, 5.74) is 1.84. The molecule has 27 heavy (non-hydrogen) atoms. The third kappa shape index (κ3) is 6.66. The van der Waals surface area contributed by atoms with Gasteiger partial charge in [0.15, 0.2) is 5.78 Å². The highest BCUT2D eigenvalue weighted by Crippen LogP contribution is 2.35. The number of allylic oxidation sites excluding steroid dienone is 2. The van der Waals surface area contributed by atoms with Crippen LogP contribution in [0.1, 0.15) is 57.9 Å². The first-order valence-electron chi connectivity index (χ1n) is 9.53. The number of carbonyl (C=O) groups excluding carboxylic acids is 1. The smallest absolute Gasteiger partial charge is 0.303 e. The van der Waals surface area contributed by atoms with E-state index in [1.54, 1.807) is 0 Å². The Morgan fingerprint density at radius 3 is 2.44 bits per heavy atom. The first kappa shape index (κ1) is 20.9. The molecule has 1 aliphatic rings. The summed E-state index contributed by atoms with van der Waals surface area (Å²) < 4.78 is 0. The van der Waals surface area contributed by atoms with Gasteiger partial charge >= 0.3 is 5.97 Å². The van der Waals surface area contributed by atoms with E-state index in [4.69, 9.17) is 5.11 Å². The molecule has 0 aliphatic heterocycles. The highest BCUT2D eigenvalue weighted by atomic mass is 16.4. The SMILES string of the molecule is CC1(C)CC(=O)/C(=C(/O)Cc2ccccc2)C(=NCCCCCC(=O)O)C1.